The first-order valence-electron chi connectivity index (χ1n) is 6.56. The number of nitrogens with zero attached hydrogens (tertiary/aromatic N) is 2. The molecule has 4 nitrogen and oxygen atoms in total. The second kappa shape index (κ2) is 5.68. The standard InChI is InChI=1S/C14H15F2N3O/c15-11-1-2-12(13(16)7-11)14-10(8-18-20-14)9-19-5-3-17-4-6-19/h1-2,7-8,17H,3-6,9H2. The predicted molar refractivity (Wildman–Crippen MR) is 70.0 cm³/mol. The lowest BCUT2D eigenvalue weighted by Crippen LogP contribution is -2.42. The van der Waals surface area contributed by atoms with E-state index < -0.39 is 11.6 Å². The van der Waals surface area contributed by atoms with E-state index in [1.165, 1.54) is 12.1 Å². The maximum atomic E-state index is 13.8. The van der Waals surface area contributed by atoms with Crippen molar-refractivity contribution < 1.29 is 13.3 Å². The first-order chi connectivity index (χ1) is 9.74. The zero-order valence-corrected chi connectivity index (χ0v) is 10.9. The molecule has 0 atom stereocenters. The van der Waals surface area contributed by atoms with Crippen LogP contribution in [0, 0.1) is 11.6 Å². The van der Waals surface area contributed by atoms with E-state index in [0.29, 0.717) is 12.3 Å². The van der Waals surface area contributed by atoms with Crippen LogP contribution in [-0.4, -0.2) is 36.2 Å². The van der Waals surface area contributed by atoms with Crippen LogP contribution in [0.5, 0.6) is 0 Å². The summed E-state index contributed by atoms with van der Waals surface area (Å²) in [6.07, 6.45) is 1.60. The van der Waals surface area contributed by atoms with E-state index in [4.69, 9.17) is 4.52 Å². The van der Waals surface area contributed by atoms with Crippen molar-refractivity contribution in [2.75, 3.05) is 26.2 Å². The highest BCUT2D eigenvalue weighted by atomic mass is 19.1. The monoisotopic (exact) mass is 279 g/mol. The lowest BCUT2D eigenvalue weighted by molar-refractivity contribution is 0.233. The second-order valence-electron chi connectivity index (χ2n) is 4.83. The molecule has 2 heterocycles. The summed E-state index contributed by atoms with van der Waals surface area (Å²) >= 11 is 0. The Morgan fingerprint density at radius 3 is 2.80 bits per heavy atom. The topological polar surface area (TPSA) is 41.3 Å². The third-order valence-corrected chi connectivity index (χ3v) is 3.42. The number of halogens is 2. The molecule has 1 fully saturated rings. The Labute approximate surface area is 115 Å². The first kappa shape index (κ1) is 13.2. The SMILES string of the molecule is Fc1ccc(-c2oncc2CN2CCNCC2)c(F)c1. The highest BCUT2D eigenvalue weighted by Gasteiger charge is 2.18. The highest BCUT2D eigenvalue weighted by Crippen LogP contribution is 2.27. The summed E-state index contributed by atoms with van der Waals surface area (Å²) < 4.78 is 31.9. The van der Waals surface area contributed by atoms with Crippen molar-refractivity contribution in [3.63, 3.8) is 0 Å². The quantitative estimate of drug-likeness (QED) is 0.933. The largest absolute Gasteiger partial charge is 0.356 e. The Hall–Kier alpha value is -1.79. The Morgan fingerprint density at radius 2 is 2.05 bits per heavy atom. The molecule has 20 heavy (non-hydrogen) atoms. The van der Waals surface area contributed by atoms with Gasteiger partial charge in [-0.1, -0.05) is 5.16 Å². The third-order valence-electron chi connectivity index (χ3n) is 3.42. The smallest absolute Gasteiger partial charge is 0.174 e. The van der Waals surface area contributed by atoms with Gasteiger partial charge >= 0.3 is 0 Å². The highest BCUT2D eigenvalue weighted by molar-refractivity contribution is 5.61. The molecule has 1 aromatic heterocycles. The first-order valence-corrected chi connectivity index (χ1v) is 6.56. The lowest BCUT2D eigenvalue weighted by Gasteiger charge is -2.26. The van der Waals surface area contributed by atoms with Gasteiger partial charge in [-0.3, -0.25) is 4.90 Å². The molecular weight excluding hydrogens is 264 g/mol. The average molecular weight is 279 g/mol. The van der Waals surface area contributed by atoms with Crippen molar-refractivity contribution in [3.05, 3.63) is 41.6 Å². The van der Waals surface area contributed by atoms with Gasteiger partial charge in [0.1, 0.15) is 11.6 Å². The van der Waals surface area contributed by atoms with Crippen LogP contribution in [0.15, 0.2) is 28.9 Å². The minimum absolute atomic E-state index is 0.244. The van der Waals surface area contributed by atoms with Crippen LogP contribution in [0.1, 0.15) is 5.56 Å². The fourth-order valence-corrected chi connectivity index (χ4v) is 2.38. The zero-order valence-electron chi connectivity index (χ0n) is 10.9. The molecule has 0 aliphatic carbocycles. The van der Waals surface area contributed by atoms with Crippen LogP contribution in [0.4, 0.5) is 8.78 Å². The van der Waals surface area contributed by atoms with Crippen molar-refractivity contribution in [2.24, 2.45) is 0 Å². The van der Waals surface area contributed by atoms with Crippen molar-refractivity contribution in [2.45, 2.75) is 6.54 Å². The molecule has 1 aliphatic rings. The van der Waals surface area contributed by atoms with E-state index >= 15 is 0 Å². The lowest BCUT2D eigenvalue weighted by atomic mass is 10.1. The fraction of sp³-hybridized carbons (Fsp3) is 0.357. The zero-order chi connectivity index (χ0) is 13.9. The summed E-state index contributed by atoms with van der Waals surface area (Å²) in [5.41, 5.74) is 1.06. The molecule has 0 radical (unpaired) electrons. The van der Waals surface area contributed by atoms with E-state index in [1.54, 1.807) is 6.20 Å². The van der Waals surface area contributed by atoms with E-state index in [1.807, 2.05) is 0 Å². The van der Waals surface area contributed by atoms with E-state index in [2.05, 4.69) is 15.4 Å². The Kier molecular flexibility index (Phi) is 3.75. The Bertz CT molecular complexity index is 594. The van der Waals surface area contributed by atoms with Crippen molar-refractivity contribution in [3.8, 4) is 11.3 Å². The third kappa shape index (κ3) is 2.71. The molecule has 1 N–H and O–H groups in total. The van der Waals surface area contributed by atoms with Crippen LogP contribution in [0.25, 0.3) is 11.3 Å². The van der Waals surface area contributed by atoms with Gasteiger partial charge in [-0.05, 0) is 12.1 Å². The number of rotatable bonds is 3. The number of aromatic nitrogens is 1. The summed E-state index contributed by atoms with van der Waals surface area (Å²) in [6.45, 7) is 4.38. The maximum absolute atomic E-state index is 13.8. The predicted octanol–water partition coefficient (Wildman–Crippen LogP) is 2.02. The van der Waals surface area contributed by atoms with Crippen LogP contribution >= 0.6 is 0 Å². The minimum atomic E-state index is -0.636. The fourth-order valence-electron chi connectivity index (χ4n) is 2.38. The van der Waals surface area contributed by atoms with Crippen molar-refractivity contribution in [1.29, 1.82) is 0 Å². The summed E-state index contributed by atoms with van der Waals surface area (Å²) in [6, 6.07) is 3.45. The number of hydrogen-bond acceptors (Lipinski definition) is 4. The number of piperazine rings is 1. The molecule has 0 spiro atoms. The molecule has 0 amide bonds. The van der Waals surface area contributed by atoms with Gasteiger partial charge in [-0.2, -0.15) is 0 Å². The van der Waals surface area contributed by atoms with Gasteiger partial charge in [-0.25, -0.2) is 8.78 Å². The molecule has 2 aromatic rings. The van der Waals surface area contributed by atoms with Gasteiger partial charge in [0.25, 0.3) is 0 Å². The van der Waals surface area contributed by atoms with Gasteiger partial charge < -0.3 is 9.84 Å². The van der Waals surface area contributed by atoms with E-state index in [0.717, 1.165) is 37.8 Å². The molecule has 106 valence electrons. The number of nitrogens with one attached hydrogen (secondary N) is 1. The maximum Gasteiger partial charge on any atom is 0.174 e. The summed E-state index contributed by atoms with van der Waals surface area (Å²) in [5, 5.41) is 7.02. The molecule has 1 saturated heterocycles. The number of benzene rings is 1. The normalized spacial score (nSPS) is 16.5. The van der Waals surface area contributed by atoms with Gasteiger partial charge in [0.2, 0.25) is 0 Å². The Morgan fingerprint density at radius 1 is 1.25 bits per heavy atom. The summed E-state index contributed by atoms with van der Waals surface area (Å²) in [7, 11) is 0. The minimum Gasteiger partial charge on any atom is -0.356 e. The van der Waals surface area contributed by atoms with Crippen LogP contribution in [0.2, 0.25) is 0 Å². The molecule has 0 bridgehead atoms. The summed E-state index contributed by atoms with van der Waals surface area (Å²) in [5.74, 6) is -0.862. The number of hydrogen-bond donors (Lipinski definition) is 1. The molecule has 1 aromatic carbocycles. The molecule has 6 heteroatoms. The van der Waals surface area contributed by atoms with Gasteiger partial charge in [0.05, 0.1) is 11.8 Å². The van der Waals surface area contributed by atoms with E-state index in [-0.39, 0.29) is 5.56 Å². The Balaban J connectivity index is 1.85. The second-order valence-corrected chi connectivity index (χ2v) is 4.83. The molecule has 0 saturated carbocycles. The van der Waals surface area contributed by atoms with E-state index in [9.17, 15) is 8.78 Å². The van der Waals surface area contributed by atoms with Gasteiger partial charge in [-0.15, -0.1) is 0 Å². The van der Waals surface area contributed by atoms with Crippen LogP contribution < -0.4 is 5.32 Å². The van der Waals surface area contributed by atoms with Gasteiger partial charge in [0.15, 0.2) is 5.76 Å². The average Bonchev–Trinajstić information content (AvgIpc) is 2.88. The van der Waals surface area contributed by atoms with Crippen molar-refractivity contribution >= 4 is 0 Å². The molecule has 0 unspecified atom stereocenters. The van der Waals surface area contributed by atoms with Gasteiger partial charge in [0, 0.05) is 44.4 Å². The van der Waals surface area contributed by atoms with Crippen LogP contribution in [-0.2, 0) is 6.54 Å². The summed E-state index contributed by atoms with van der Waals surface area (Å²) in [4.78, 5) is 2.24. The molecular formula is C14H15F2N3O. The molecule has 1 aliphatic heterocycles. The van der Waals surface area contributed by atoms with Crippen molar-refractivity contribution in [1.82, 2.24) is 15.4 Å². The van der Waals surface area contributed by atoms with Crippen LogP contribution in [0.3, 0.4) is 0 Å². The molecule has 3 rings (SSSR count).